The number of fused-ring (bicyclic) bond motifs is 2. The van der Waals surface area contributed by atoms with Gasteiger partial charge in [0.25, 0.3) is 0 Å². The standard InChI is InChI=1S/C16H11BO4S/c17-16(19)21-8-7-20-10-5-6-14-12(9-10)15(18)11-3-1-2-4-13(11)22-14/h1-6,9H,7-8H2. The third-order valence-electron chi connectivity index (χ3n) is 3.14. The lowest BCUT2D eigenvalue weighted by Gasteiger charge is -2.07. The molecule has 0 saturated carbocycles. The molecule has 0 aliphatic carbocycles. The van der Waals surface area contributed by atoms with Crippen molar-refractivity contribution >= 4 is 45.2 Å². The van der Waals surface area contributed by atoms with E-state index >= 15 is 0 Å². The molecule has 1 heterocycles. The van der Waals surface area contributed by atoms with Crippen LogP contribution in [-0.2, 0) is 4.74 Å². The van der Waals surface area contributed by atoms with Crippen molar-refractivity contribution in [1.29, 1.82) is 0 Å². The van der Waals surface area contributed by atoms with E-state index in [4.69, 9.17) is 12.6 Å². The Kier molecular flexibility index (Phi) is 4.11. The molecule has 3 aromatic rings. The molecule has 0 bridgehead atoms. The average Bonchev–Trinajstić information content (AvgIpc) is 2.52. The predicted molar refractivity (Wildman–Crippen MR) is 88.2 cm³/mol. The third kappa shape index (κ3) is 2.97. The first-order valence-corrected chi connectivity index (χ1v) is 7.47. The van der Waals surface area contributed by atoms with E-state index in [0.717, 1.165) is 9.40 Å². The Morgan fingerprint density at radius 3 is 2.64 bits per heavy atom. The largest absolute Gasteiger partial charge is 0.490 e. The Balaban J connectivity index is 1.92. The van der Waals surface area contributed by atoms with Gasteiger partial charge in [0.15, 0.2) is 5.43 Å². The lowest BCUT2D eigenvalue weighted by Crippen LogP contribution is -2.10. The summed E-state index contributed by atoms with van der Waals surface area (Å²) in [7, 11) is 4.86. The molecule has 0 atom stereocenters. The van der Waals surface area contributed by atoms with Crippen LogP contribution in [0, 0.1) is 0 Å². The molecule has 0 aliphatic rings. The maximum Gasteiger partial charge on any atom is 0.235 e. The Morgan fingerprint density at radius 1 is 1.05 bits per heavy atom. The van der Waals surface area contributed by atoms with Crippen molar-refractivity contribution in [2.24, 2.45) is 0 Å². The van der Waals surface area contributed by atoms with Gasteiger partial charge in [0, 0.05) is 20.2 Å². The molecule has 1 aromatic heterocycles. The van der Waals surface area contributed by atoms with Crippen molar-refractivity contribution in [2.45, 2.75) is 0 Å². The van der Waals surface area contributed by atoms with E-state index in [2.05, 4.69) is 4.74 Å². The number of rotatable bonds is 4. The molecule has 3 rings (SSSR count). The minimum absolute atomic E-state index is 0.0109. The Bertz CT molecular complexity index is 903. The van der Waals surface area contributed by atoms with Crippen molar-refractivity contribution in [3.63, 3.8) is 0 Å². The fraction of sp³-hybridized carbons (Fsp3) is 0.125. The quantitative estimate of drug-likeness (QED) is 0.422. The van der Waals surface area contributed by atoms with Crippen LogP contribution in [0.15, 0.2) is 47.3 Å². The maximum absolute atomic E-state index is 12.5. The highest BCUT2D eigenvalue weighted by Crippen LogP contribution is 2.27. The first-order chi connectivity index (χ1) is 10.6. The minimum Gasteiger partial charge on any atom is -0.490 e. The molecular formula is C16H11BO4S. The molecule has 0 unspecified atom stereocenters. The summed E-state index contributed by atoms with van der Waals surface area (Å²) < 4.78 is 11.9. The first kappa shape index (κ1) is 14.6. The van der Waals surface area contributed by atoms with Gasteiger partial charge in [0.1, 0.15) is 19.0 Å². The highest BCUT2D eigenvalue weighted by Gasteiger charge is 2.07. The molecule has 0 N–H and O–H groups in total. The van der Waals surface area contributed by atoms with Crippen molar-refractivity contribution < 1.29 is 14.3 Å². The summed E-state index contributed by atoms with van der Waals surface area (Å²) in [5.41, 5.74) is -0.0109. The van der Waals surface area contributed by atoms with Gasteiger partial charge in [-0.1, -0.05) is 12.1 Å². The van der Waals surface area contributed by atoms with E-state index in [1.807, 2.05) is 30.3 Å². The summed E-state index contributed by atoms with van der Waals surface area (Å²) in [6.07, 6.45) is 0. The zero-order valence-corrected chi connectivity index (χ0v) is 12.4. The minimum atomic E-state index is -0.836. The molecule has 6 heteroatoms. The van der Waals surface area contributed by atoms with Crippen molar-refractivity contribution in [2.75, 3.05) is 13.2 Å². The normalized spacial score (nSPS) is 10.7. The molecule has 0 aliphatic heterocycles. The molecule has 0 saturated heterocycles. The summed E-state index contributed by atoms with van der Waals surface area (Å²) in [6, 6.07) is 12.9. The molecule has 0 spiro atoms. The van der Waals surface area contributed by atoms with Crippen LogP contribution < -0.4 is 10.2 Å². The smallest absolute Gasteiger partial charge is 0.235 e. The number of benzene rings is 2. The van der Waals surface area contributed by atoms with Crippen molar-refractivity contribution in [3.8, 4) is 5.75 Å². The molecular weight excluding hydrogens is 299 g/mol. The maximum atomic E-state index is 12.5. The van der Waals surface area contributed by atoms with Crippen LogP contribution in [0.3, 0.4) is 0 Å². The zero-order chi connectivity index (χ0) is 15.5. The molecule has 108 valence electrons. The Morgan fingerprint density at radius 2 is 1.82 bits per heavy atom. The van der Waals surface area contributed by atoms with Crippen LogP contribution in [0.4, 0.5) is 4.79 Å². The van der Waals surface area contributed by atoms with Crippen LogP contribution in [0.2, 0.25) is 0 Å². The highest BCUT2D eigenvalue weighted by molar-refractivity contribution is 7.24. The van der Waals surface area contributed by atoms with Gasteiger partial charge in [-0.25, -0.2) is 0 Å². The van der Waals surface area contributed by atoms with Gasteiger partial charge in [0.2, 0.25) is 13.7 Å². The van der Waals surface area contributed by atoms with E-state index in [1.54, 1.807) is 23.5 Å². The van der Waals surface area contributed by atoms with Gasteiger partial charge in [-0.15, -0.1) is 11.3 Å². The van der Waals surface area contributed by atoms with Crippen LogP contribution in [-0.4, -0.2) is 26.9 Å². The van der Waals surface area contributed by atoms with Gasteiger partial charge in [-0.3, -0.25) is 9.59 Å². The van der Waals surface area contributed by atoms with E-state index in [1.165, 1.54) is 0 Å². The average molecular weight is 310 g/mol. The SMILES string of the molecule is [B]C(=O)OCCOc1ccc2sc3ccccc3c(=O)c2c1. The van der Waals surface area contributed by atoms with E-state index in [-0.39, 0.29) is 18.6 Å². The summed E-state index contributed by atoms with van der Waals surface area (Å²) in [6.45, 7) is 0.248. The van der Waals surface area contributed by atoms with Gasteiger partial charge < -0.3 is 9.47 Å². The van der Waals surface area contributed by atoms with Crippen LogP contribution in [0.1, 0.15) is 0 Å². The first-order valence-electron chi connectivity index (χ1n) is 6.66. The van der Waals surface area contributed by atoms with E-state index in [9.17, 15) is 9.59 Å². The Labute approximate surface area is 131 Å². The number of hydrogen-bond donors (Lipinski definition) is 0. The van der Waals surface area contributed by atoms with Crippen LogP contribution >= 0.6 is 11.3 Å². The fourth-order valence-electron chi connectivity index (χ4n) is 2.17. The molecule has 0 amide bonds. The monoisotopic (exact) mass is 310 g/mol. The number of carbonyl (C=O) groups excluding carboxylic acids is 1. The number of ether oxygens (including phenoxy) is 2. The molecule has 0 fully saturated rings. The second-order valence-electron chi connectivity index (χ2n) is 4.60. The van der Waals surface area contributed by atoms with E-state index < -0.39 is 5.87 Å². The lowest BCUT2D eigenvalue weighted by atomic mass is 10.2. The summed E-state index contributed by atoms with van der Waals surface area (Å²) >= 11 is 1.56. The van der Waals surface area contributed by atoms with Gasteiger partial charge >= 0.3 is 0 Å². The second kappa shape index (κ2) is 6.19. The molecule has 4 nitrogen and oxygen atoms in total. The van der Waals surface area contributed by atoms with Gasteiger partial charge in [0.05, 0.1) is 0 Å². The number of hydrogen-bond acceptors (Lipinski definition) is 5. The van der Waals surface area contributed by atoms with E-state index in [0.29, 0.717) is 16.5 Å². The summed E-state index contributed by atoms with van der Waals surface area (Å²) in [5, 5.41) is 1.33. The molecule has 2 radical (unpaired) electrons. The van der Waals surface area contributed by atoms with Gasteiger partial charge in [-0.05, 0) is 30.3 Å². The van der Waals surface area contributed by atoms with Gasteiger partial charge in [-0.2, -0.15) is 0 Å². The predicted octanol–water partition coefficient (Wildman–Crippen LogP) is 3.10. The number of carbonyl (C=O) groups is 1. The van der Waals surface area contributed by atoms with Crippen LogP contribution in [0.25, 0.3) is 20.2 Å². The third-order valence-corrected chi connectivity index (χ3v) is 4.30. The topological polar surface area (TPSA) is 52.6 Å². The highest BCUT2D eigenvalue weighted by atomic mass is 32.1. The summed E-state index contributed by atoms with van der Waals surface area (Å²) in [5.74, 6) is -0.280. The Hall–Kier alpha value is -2.34. The van der Waals surface area contributed by atoms with Crippen molar-refractivity contribution in [3.05, 3.63) is 52.7 Å². The van der Waals surface area contributed by atoms with Crippen molar-refractivity contribution in [1.82, 2.24) is 0 Å². The molecule has 2 aromatic carbocycles. The summed E-state index contributed by atoms with van der Waals surface area (Å²) in [4.78, 5) is 23.0. The zero-order valence-electron chi connectivity index (χ0n) is 11.6. The van der Waals surface area contributed by atoms with Crippen LogP contribution in [0.5, 0.6) is 5.75 Å². The lowest BCUT2D eigenvalue weighted by molar-refractivity contribution is 0.147. The fourth-order valence-corrected chi connectivity index (χ4v) is 3.23. The second-order valence-corrected chi connectivity index (χ2v) is 5.69. The molecule has 22 heavy (non-hydrogen) atoms.